The zero-order valence-electron chi connectivity index (χ0n) is 14.7. The first kappa shape index (κ1) is 17.9. The van der Waals surface area contributed by atoms with Gasteiger partial charge < -0.3 is 15.0 Å². The number of hydrogen-bond donors (Lipinski definition) is 1. The Balaban J connectivity index is 1.91. The van der Waals surface area contributed by atoms with E-state index in [0.717, 1.165) is 46.9 Å². The number of anilines is 2. The molecule has 0 saturated carbocycles. The maximum atomic E-state index is 12.3. The second kappa shape index (κ2) is 7.54. The van der Waals surface area contributed by atoms with Gasteiger partial charge in [-0.3, -0.25) is 0 Å². The van der Waals surface area contributed by atoms with Crippen LogP contribution in [0.1, 0.15) is 39.7 Å². The minimum absolute atomic E-state index is 0.314. The number of nitrogens with one attached hydrogen (secondary N) is 1. The van der Waals surface area contributed by atoms with Crippen LogP contribution in [0.15, 0.2) is 24.3 Å². The van der Waals surface area contributed by atoms with Crippen molar-refractivity contribution in [2.45, 2.75) is 33.1 Å². The second-order valence-corrected chi connectivity index (χ2v) is 7.61. The first-order valence-electron chi connectivity index (χ1n) is 8.43. The van der Waals surface area contributed by atoms with Crippen molar-refractivity contribution in [1.29, 1.82) is 0 Å². The molecule has 132 valence electrons. The first-order valence-corrected chi connectivity index (χ1v) is 9.66. The monoisotopic (exact) mass is 374 g/mol. The summed E-state index contributed by atoms with van der Waals surface area (Å²) in [6, 6.07) is 8.34. The SMILES string of the molecule is CCc1c(C)sc(NC(=S)N2CCCc3ccccc32)c1C(=O)OC. The van der Waals surface area contributed by atoms with E-state index in [1.807, 2.05) is 19.9 Å². The van der Waals surface area contributed by atoms with Gasteiger partial charge in [0, 0.05) is 17.1 Å². The van der Waals surface area contributed by atoms with E-state index >= 15 is 0 Å². The number of benzene rings is 1. The minimum Gasteiger partial charge on any atom is -0.465 e. The molecule has 4 nitrogen and oxygen atoms in total. The smallest absolute Gasteiger partial charge is 0.341 e. The van der Waals surface area contributed by atoms with Gasteiger partial charge in [-0.2, -0.15) is 0 Å². The number of nitrogens with zero attached hydrogens (tertiary/aromatic N) is 1. The van der Waals surface area contributed by atoms with Crippen molar-refractivity contribution in [1.82, 2.24) is 0 Å². The van der Waals surface area contributed by atoms with E-state index in [9.17, 15) is 4.79 Å². The molecule has 0 amide bonds. The van der Waals surface area contributed by atoms with E-state index in [4.69, 9.17) is 17.0 Å². The molecule has 0 fully saturated rings. The summed E-state index contributed by atoms with van der Waals surface area (Å²) in [6.07, 6.45) is 2.92. The molecule has 0 atom stereocenters. The Labute approximate surface area is 157 Å². The molecule has 2 heterocycles. The third-order valence-corrected chi connectivity index (χ3v) is 5.91. The number of para-hydroxylation sites is 1. The standard InChI is InChI=1S/C19H22N2O2S2/c1-4-14-12(2)25-17(16(14)18(22)23-3)20-19(24)21-11-7-9-13-8-5-6-10-15(13)21/h5-6,8,10H,4,7,9,11H2,1-3H3,(H,20,24). The summed E-state index contributed by atoms with van der Waals surface area (Å²) in [4.78, 5) is 15.5. The molecule has 1 aromatic heterocycles. The highest BCUT2D eigenvalue weighted by molar-refractivity contribution is 7.80. The average Bonchev–Trinajstić information content (AvgIpc) is 2.95. The average molecular weight is 375 g/mol. The van der Waals surface area contributed by atoms with Crippen LogP contribution >= 0.6 is 23.6 Å². The van der Waals surface area contributed by atoms with Gasteiger partial charge >= 0.3 is 5.97 Å². The number of aryl methyl sites for hydroxylation is 2. The number of hydrogen-bond acceptors (Lipinski definition) is 4. The van der Waals surface area contributed by atoms with Crippen molar-refractivity contribution in [2.24, 2.45) is 0 Å². The van der Waals surface area contributed by atoms with Crippen LogP contribution in [-0.4, -0.2) is 24.7 Å². The summed E-state index contributed by atoms with van der Waals surface area (Å²) in [6.45, 7) is 4.95. The molecular formula is C19H22N2O2S2. The van der Waals surface area contributed by atoms with E-state index in [2.05, 4.69) is 28.4 Å². The van der Waals surface area contributed by atoms with Crippen LogP contribution in [0.4, 0.5) is 10.7 Å². The fraction of sp³-hybridized carbons (Fsp3) is 0.368. The number of carbonyl (C=O) groups excluding carboxylic acids is 1. The molecule has 0 radical (unpaired) electrons. The van der Waals surface area contributed by atoms with E-state index in [0.29, 0.717) is 10.7 Å². The second-order valence-electron chi connectivity index (χ2n) is 6.00. The van der Waals surface area contributed by atoms with Gasteiger partial charge in [0.25, 0.3) is 0 Å². The molecule has 1 aromatic carbocycles. The summed E-state index contributed by atoms with van der Waals surface area (Å²) in [5.74, 6) is -0.314. The van der Waals surface area contributed by atoms with E-state index in [-0.39, 0.29) is 5.97 Å². The number of fused-ring (bicyclic) bond motifs is 1. The highest BCUT2D eigenvalue weighted by atomic mass is 32.1. The lowest BCUT2D eigenvalue weighted by Crippen LogP contribution is -2.38. The number of thiophene rings is 1. The van der Waals surface area contributed by atoms with Gasteiger partial charge in [0.15, 0.2) is 5.11 Å². The number of carbonyl (C=O) groups is 1. The highest BCUT2D eigenvalue weighted by Crippen LogP contribution is 2.35. The lowest BCUT2D eigenvalue weighted by molar-refractivity contribution is 0.0601. The Morgan fingerprint density at radius 2 is 2.16 bits per heavy atom. The molecule has 0 unspecified atom stereocenters. The number of esters is 1. The Morgan fingerprint density at radius 3 is 2.88 bits per heavy atom. The van der Waals surface area contributed by atoms with Gasteiger partial charge in [-0.15, -0.1) is 11.3 Å². The van der Waals surface area contributed by atoms with E-state index in [1.165, 1.54) is 12.7 Å². The topological polar surface area (TPSA) is 41.6 Å². The lowest BCUT2D eigenvalue weighted by atomic mass is 10.0. The van der Waals surface area contributed by atoms with Crippen molar-refractivity contribution in [3.63, 3.8) is 0 Å². The van der Waals surface area contributed by atoms with Crippen molar-refractivity contribution < 1.29 is 9.53 Å². The van der Waals surface area contributed by atoms with Gasteiger partial charge in [0.1, 0.15) is 5.00 Å². The quantitative estimate of drug-likeness (QED) is 0.630. The fourth-order valence-corrected chi connectivity index (χ4v) is 4.81. The Bertz CT molecular complexity index is 814. The van der Waals surface area contributed by atoms with Crippen molar-refractivity contribution in [3.8, 4) is 0 Å². The largest absolute Gasteiger partial charge is 0.465 e. The van der Waals surface area contributed by atoms with E-state index in [1.54, 1.807) is 11.3 Å². The molecule has 0 saturated heterocycles. The minimum atomic E-state index is -0.314. The maximum absolute atomic E-state index is 12.3. The highest BCUT2D eigenvalue weighted by Gasteiger charge is 2.25. The van der Waals surface area contributed by atoms with Crippen LogP contribution < -0.4 is 10.2 Å². The zero-order valence-corrected chi connectivity index (χ0v) is 16.4. The summed E-state index contributed by atoms with van der Waals surface area (Å²) in [7, 11) is 1.41. The first-order chi connectivity index (χ1) is 12.1. The van der Waals surface area contributed by atoms with Gasteiger partial charge in [-0.05, 0) is 55.6 Å². The number of methoxy groups -OCH3 is 1. The zero-order chi connectivity index (χ0) is 18.0. The van der Waals surface area contributed by atoms with Crippen LogP contribution in [0.5, 0.6) is 0 Å². The molecule has 0 aliphatic carbocycles. The molecular weight excluding hydrogens is 352 g/mol. The summed E-state index contributed by atoms with van der Waals surface area (Å²) < 4.78 is 4.99. The predicted octanol–water partition coefficient (Wildman–Crippen LogP) is 4.56. The van der Waals surface area contributed by atoms with Gasteiger partial charge in [0.2, 0.25) is 0 Å². The fourth-order valence-electron chi connectivity index (χ4n) is 3.32. The molecule has 0 bridgehead atoms. The molecule has 6 heteroatoms. The number of ether oxygens (including phenoxy) is 1. The molecule has 2 aromatic rings. The molecule has 3 rings (SSSR count). The van der Waals surface area contributed by atoms with Crippen LogP contribution in [0.2, 0.25) is 0 Å². The maximum Gasteiger partial charge on any atom is 0.341 e. The summed E-state index contributed by atoms with van der Waals surface area (Å²) in [5.41, 5.74) is 4.10. The predicted molar refractivity (Wildman–Crippen MR) is 108 cm³/mol. The van der Waals surface area contributed by atoms with Crippen molar-refractivity contribution >= 4 is 45.3 Å². The van der Waals surface area contributed by atoms with Crippen LogP contribution in [0, 0.1) is 6.92 Å². The lowest BCUT2D eigenvalue weighted by Gasteiger charge is -2.31. The van der Waals surface area contributed by atoms with Crippen LogP contribution in [0.25, 0.3) is 0 Å². The van der Waals surface area contributed by atoms with Gasteiger partial charge in [-0.1, -0.05) is 25.1 Å². The van der Waals surface area contributed by atoms with Crippen molar-refractivity contribution in [3.05, 3.63) is 45.8 Å². The molecule has 0 spiro atoms. The van der Waals surface area contributed by atoms with Crippen LogP contribution in [0.3, 0.4) is 0 Å². The summed E-state index contributed by atoms with van der Waals surface area (Å²) in [5, 5.41) is 4.71. The Hall–Kier alpha value is -1.92. The number of rotatable bonds is 3. The van der Waals surface area contributed by atoms with Gasteiger partial charge in [-0.25, -0.2) is 4.79 Å². The van der Waals surface area contributed by atoms with Crippen LogP contribution in [-0.2, 0) is 17.6 Å². The Kier molecular flexibility index (Phi) is 5.39. The van der Waals surface area contributed by atoms with Gasteiger partial charge in [0.05, 0.1) is 12.7 Å². The summed E-state index contributed by atoms with van der Waals surface area (Å²) >= 11 is 7.23. The van der Waals surface area contributed by atoms with Crippen molar-refractivity contribution in [2.75, 3.05) is 23.9 Å². The molecule has 1 aliphatic heterocycles. The normalized spacial score (nSPS) is 13.3. The molecule has 25 heavy (non-hydrogen) atoms. The number of thiocarbonyl (C=S) groups is 1. The Morgan fingerprint density at radius 1 is 1.40 bits per heavy atom. The van der Waals surface area contributed by atoms with E-state index < -0.39 is 0 Å². The molecule has 1 aliphatic rings. The third kappa shape index (κ3) is 3.41. The molecule has 1 N–H and O–H groups in total. The third-order valence-electron chi connectivity index (χ3n) is 4.53.